The lowest BCUT2D eigenvalue weighted by Gasteiger charge is -2.36. The molecule has 1 rings (SSSR count). The minimum Gasteiger partial charge on any atom is -0.456 e. The number of carbonyl (C=O) groups is 4. The Morgan fingerprint density at radius 2 is 1.21 bits per heavy atom. The second-order valence-electron chi connectivity index (χ2n) is 10.2. The van der Waals surface area contributed by atoms with Gasteiger partial charge >= 0.3 is 23.9 Å². The van der Waals surface area contributed by atoms with Gasteiger partial charge in [0.25, 0.3) is 0 Å². The number of Topliss-reactive ketones (excluding diaryl/α,β-unsaturated/α-hetero) is 1. The number of ketones is 1. The third kappa shape index (κ3) is 8.36. The highest BCUT2D eigenvalue weighted by Gasteiger charge is 2.59. The first-order chi connectivity index (χ1) is 14.8. The minimum absolute atomic E-state index is 0.129. The average Bonchev–Trinajstić information content (AvgIpc) is 2.61. The number of benzene rings is 1. The van der Waals surface area contributed by atoms with Gasteiger partial charge < -0.3 is 14.2 Å². The summed E-state index contributed by atoms with van der Waals surface area (Å²) in [5.41, 5.74) is -1.80. The van der Waals surface area contributed by atoms with Crippen molar-refractivity contribution >= 4 is 23.9 Å². The highest BCUT2D eigenvalue weighted by Crippen LogP contribution is 2.28. The Morgan fingerprint density at radius 3 is 1.64 bits per heavy atom. The van der Waals surface area contributed by atoms with Gasteiger partial charge in [-0.15, -0.1) is 0 Å². The highest BCUT2D eigenvalue weighted by atomic mass is 19.1. The summed E-state index contributed by atoms with van der Waals surface area (Å²) in [6.45, 7) is 13.4. The van der Waals surface area contributed by atoms with Crippen LogP contribution in [0.1, 0.15) is 72.7 Å². The normalized spacial score (nSPS) is 13.9. The van der Waals surface area contributed by atoms with E-state index >= 15 is 4.39 Å². The van der Waals surface area contributed by atoms with Crippen LogP contribution in [0.4, 0.5) is 14.0 Å². The zero-order valence-electron chi connectivity index (χ0n) is 20.6. The molecular formula is C23H33FN2O7. The number of nitrogens with one attached hydrogen (secondary N) is 1. The van der Waals surface area contributed by atoms with E-state index in [2.05, 4.69) is 0 Å². The molecule has 1 N–H and O–H groups in total. The fourth-order valence-corrected chi connectivity index (χ4v) is 2.36. The molecular weight excluding hydrogens is 435 g/mol. The second-order valence-corrected chi connectivity index (χ2v) is 10.2. The monoisotopic (exact) mass is 468 g/mol. The van der Waals surface area contributed by atoms with Crippen molar-refractivity contribution in [1.29, 1.82) is 0 Å². The van der Waals surface area contributed by atoms with Gasteiger partial charge in [0.1, 0.15) is 16.8 Å². The van der Waals surface area contributed by atoms with Crippen LogP contribution in [-0.4, -0.2) is 51.5 Å². The number of esters is 1. The lowest BCUT2D eigenvalue weighted by molar-refractivity contribution is -0.179. The smallest absolute Gasteiger partial charge is 0.433 e. The molecule has 0 aliphatic heterocycles. The number of halogens is 1. The molecule has 1 unspecified atom stereocenters. The van der Waals surface area contributed by atoms with E-state index in [4.69, 9.17) is 14.2 Å². The van der Waals surface area contributed by atoms with Gasteiger partial charge in [-0.25, -0.2) is 19.8 Å². The van der Waals surface area contributed by atoms with Crippen molar-refractivity contribution in [2.45, 2.75) is 84.9 Å². The molecule has 1 atom stereocenters. The SMILES string of the molecule is CC(C)(C)OC(=O)NN(C(=O)OC(C)(C)C)C(F)(C(=O)OC(C)(C)C)C(=O)c1ccccc1. The van der Waals surface area contributed by atoms with Crippen LogP contribution in [-0.2, 0) is 19.0 Å². The summed E-state index contributed by atoms with van der Waals surface area (Å²) in [6.07, 6.45) is -2.80. The molecule has 184 valence electrons. The molecule has 0 saturated carbocycles. The summed E-state index contributed by atoms with van der Waals surface area (Å²) in [5.74, 6) is -6.97. The van der Waals surface area contributed by atoms with Gasteiger partial charge in [-0.05, 0) is 62.3 Å². The summed E-state index contributed by atoms with van der Waals surface area (Å²) in [7, 11) is 0. The number of hydrogen-bond acceptors (Lipinski definition) is 7. The maximum Gasteiger partial charge on any atom is 0.433 e. The number of ether oxygens (including phenoxy) is 3. The van der Waals surface area contributed by atoms with Crippen LogP contribution in [0.5, 0.6) is 0 Å². The van der Waals surface area contributed by atoms with E-state index in [-0.39, 0.29) is 10.6 Å². The molecule has 0 fully saturated rings. The highest BCUT2D eigenvalue weighted by molar-refractivity contribution is 6.16. The Hall–Kier alpha value is -3.17. The zero-order chi connectivity index (χ0) is 25.8. The summed E-state index contributed by atoms with van der Waals surface area (Å²) in [4.78, 5) is 51.7. The average molecular weight is 469 g/mol. The van der Waals surface area contributed by atoms with Gasteiger partial charge in [0.2, 0.25) is 5.78 Å². The van der Waals surface area contributed by atoms with Crippen molar-refractivity contribution < 1.29 is 37.8 Å². The molecule has 33 heavy (non-hydrogen) atoms. The maximum absolute atomic E-state index is 16.6. The third-order valence-corrected chi connectivity index (χ3v) is 3.49. The van der Waals surface area contributed by atoms with Crippen molar-refractivity contribution in [3.05, 3.63) is 35.9 Å². The lowest BCUT2D eigenvalue weighted by Crippen LogP contribution is -2.67. The first-order valence-electron chi connectivity index (χ1n) is 10.3. The Morgan fingerprint density at radius 1 is 0.758 bits per heavy atom. The summed E-state index contributed by atoms with van der Waals surface area (Å²) in [5, 5.41) is -0.129. The van der Waals surface area contributed by atoms with Crippen LogP contribution >= 0.6 is 0 Å². The Balaban J connectivity index is 3.64. The molecule has 1 aromatic carbocycles. The minimum atomic E-state index is -3.81. The predicted molar refractivity (Wildman–Crippen MR) is 118 cm³/mol. The molecule has 1 aromatic rings. The van der Waals surface area contributed by atoms with E-state index in [0.29, 0.717) is 0 Å². The Bertz CT molecular complexity index is 883. The van der Waals surface area contributed by atoms with E-state index in [1.54, 1.807) is 6.07 Å². The lowest BCUT2D eigenvalue weighted by atomic mass is 10.0. The van der Waals surface area contributed by atoms with Gasteiger partial charge in [0.15, 0.2) is 0 Å². The first kappa shape index (κ1) is 27.9. The standard InChI is InChI=1S/C23H33FN2O7/c1-20(2,3)31-17(28)23(24,16(27)15-13-11-10-12-14-15)26(19(30)33-22(7,8)9)25-18(29)32-21(4,5)6/h10-14H,1-9H3,(H,25,29). The van der Waals surface area contributed by atoms with Gasteiger partial charge in [-0.3, -0.25) is 4.79 Å². The van der Waals surface area contributed by atoms with E-state index in [0.717, 1.165) is 0 Å². The van der Waals surface area contributed by atoms with Crippen LogP contribution in [0.2, 0.25) is 0 Å². The molecule has 0 radical (unpaired) electrons. The second kappa shape index (κ2) is 9.76. The summed E-state index contributed by atoms with van der Waals surface area (Å²) >= 11 is 0. The molecule has 0 heterocycles. The van der Waals surface area contributed by atoms with Crippen molar-refractivity contribution in [3.8, 4) is 0 Å². The van der Waals surface area contributed by atoms with Crippen LogP contribution < -0.4 is 5.43 Å². The van der Waals surface area contributed by atoms with Crippen LogP contribution in [0.15, 0.2) is 30.3 Å². The number of hydrazine groups is 1. The van der Waals surface area contributed by atoms with Crippen molar-refractivity contribution in [2.24, 2.45) is 0 Å². The Kier molecular flexibility index (Phi) is 8.24. The number of alkyl halides is 1. The summed E-state index contributed by atoms with van der Waals surface area (Å²) < 4.78 is 32.0. The molecule has 0 aromatic heterocycles. The van der Waals surface area contributed by atoms with Crippen molar-refractivity contribution in [1.82, 2.24) is 10.4 Å². The molecule has 9 nitrogen and oxygen atoms in total. The Labute approximate surface area is 193 Å². The predicted octanol–water partition coefficient (Wildman–Crippen LogP) is 4.55. The fourth-order valence-electron chi connectivity index (χ4n) is 2.36. The number of nitrogens with zero attached hydrogens (tertiary/aromatic N) is 1. The zero-order valence-corrected chi connectivity index (χ0v) is 20.6. The van der Waals surface area contributed by atoms with Gasteiger partial charge in [-0.1, -0.05) is 30.3 Å². The molecule has 0 saturated heterocycles. The largest absolute Gasteiger partial charge is 0.456 e. The molecule has 0 aliphatic rings. The van der Waals surface area contributed by atoms with Gasteiger partial charge in [0, 0.05) is 5.56 Å². The number of amides is 2. The number of rotatable bonds is 4. The van der Waals surface area contributed by atoms with E-state index in [1.807, 2.05) is 5.43 Å². The van der Waals surface area contributed by atoms with Crippen LogP contribution in [0.25, 0.3) is 0 Å². The van der Waals surface area contributed by atoms with Crippen LogP contribution in [0.3, 0.4) is 0 Å². The van der Waals surface area contributed by atoms with Gasteiger partial charge in [-0.2, -0.15) is 9.40 Å². The van der Waals surface area contributed by atoms with Crippen LogP contribution in [0, 0.1) is 0 Å². The molecule has 0 spiro atoms. The first-order valence-corrected chi connectivity index (χ1v) is 10.3. The number of hydrogen-bond donors (Lipinski definition) is 1. The molecule has 10 heteroatoms. The molecule has 2 amide bonds. The van der Waals surface area contributed by atoms with Gasteiger partial charge in [0.05, 0.1) is 0 Å². The topological polar surface area (TPSA) is 111 Å². The number of carbonyl (C=O) groups excluding carboxylic acids is 4. The fraction of sp³-hybridized carbons (Fsp3) is 0.565. The maximum atomic E-state index is 16.6. The van der Waals surface area contributed by atoms with Crippen molar-refractivity contribution in [2.75, 3.05) is 0 Å². The van der Waals surface area contributed by atoms with Crippen molar-refractivity contribution in [3.63, 3.8) is 0 Å². The molecule has 0 bridgehead atoms. The quantitative estimate of drug-likeness (QED) is 0.172. The third-order valence-electron chi connectivity index (χ3n) is 3.49. The molecule has 0 aliphatic carbocycles. The summed E-state index contributed by atoms with van der Waals surface area (Å²) in [6, 6.07) is 6.97. The van der Waals surface area contributed by atoms with E-state index in [1.165, 1.54) is 86.6 Å². The van der Waals surface area contributed by atoms with E-state index < -0.39 is 46.5 Å². The van der Waals surface area contributed by atoms with E-state index in [9.17, 15) is 19.2 Å².